The maximum absolute atomic E-state index is 5.08. The molecule has 0 atom stereocenters. The van der Waals surface area contributed by atoms with Crippen LogP contribution in [0.15, 0.2) is 25.0 Å². The first-order valence-corrected chi connectivity index (χ1v) is 7.32. The molecule has 0 saturated heterocycles. The fourth-order valence-electron chi connectivity index (χ4n) is 0.840. The average Bonchev–Trinajstić information content (AvgIpc) is 2.28. The van der Waals surface area contributed by atoms with Gasteiger partial charge in [0.25, 0.3) is 0 Å². The van der Waals surface area contributed by atoms with Crippen LogP contribution in [0.1, 0.15) is 0 Å². The van der Waals surface area contributed by atoms with Crippen molar-refractivity contribution in [3.63, 3.8) is 0 Å². The predicted molar refractivity (Wildman–Crippen MR) is 77.7 cm³/mol. The van der Waals surface area contributed by atoms with E-state index in [0.717, 1.165) is 29.6 Å². The van der Waals surface area contributed by atoms with Gasteiger partial charge in [-0.3, -0.25) is 0 Å². The number of hydrogen-bond acceptors (Lipinski definition) is 4. The molecular formula is C11H18BO2S2. The zero-order valence-electron chi connectivity index (χ0n) is 9.52. The molecule has 1 radical (unpaired) electrons. The van der Waals surface area contributed by atoms with Crippen molar-refractivity contribution in [1.29, 1.82) is 0 Å². The summed E-state index contributed by atoms with van der Waals surface area (Å²) >= 11 is 3.64. The molecule has 16 heavy (non-hydrogen) atoms. The monoisotopic (exact) mass is 257 g/mol. The molecule has 0 aromatic heterocycles. The smallest absolute Gasteiger partial charge is 0.0642 e. The normalized spacial score (nSPS) is 9.44. The number of ether oxygens (including phenoxy) is 2. The van der Waals surface area contributed by atoms with Gasteiger partial charge in [-0.2, -0.15) is 0 Å². The zero-order valence-corrected chi connectivity index (χ0v) is 11.2. The van der Waals surface area contributed by atoms with Crippen LogP contribution in [0.3, 0.4) is 0 Å². The van der Waals surface area contributed by atoms with Crippen molar-refractivity contribution in [2.45, 2.75) is 0 Å². The SMILES string of the molecule is [B]=COCCSCC(=C)CSCCOC=C. The molecule has 0 aliphatic carbocycles. The van der Waals surface area contributed by atoms with Gasteiger partial charge in [-0.1, -0.05) is 6.58 Å². The van der Waals surface area contributed by atoms with E-state index in [9.17, 15) is 0 Å². The van der Waals surface area contributed by atoms with E-state index in [1.165, 1.54) is 18.0 Å². The van der Waals surface area contributed by atoms with Gasteiger partial charge < -0.3 is 0 Å². The van der Waals surface area contributed by atoms with Gasteiger partial charge in [-0.15, -0.1) is 0 Å². The van der Waals surface area contributed by atoms with Crippen LogP contribution in [0.4, 0.5) is 0 Å². The standard InChI is InChI=1S/C11H18BO2S2/c1-3-13-4-6-15-8-11(2)9-16-7-5-14-10-12/h3,10H,1-2,4-9H2. The zero-order chi connectivity index (χ0) is 12.1. The maximum atomic E-state index is 5.08. The van der Waals surface area contributed by atoms with E-state index in [1.54, 1.807) is 0 Å². The van der Waals surface area contributed by atoms with E-state index >= 15 is 0 Å². The summed E-state index contributed by atoms with van der Waals surface area (Å²) in [5.74, 6) is 3.87. The van der Waals surface area contributed by atoms with Crippen LogP contribution in [0.5, 0.6) is 0 Å². The van der Waals surface area contributed by atoms with Gasteiger partial charge in [-0.05, 0) is 0 Å². The molecule has 0 rings (SSSR count). The van der Waals surface area contributed by atoms with Crippen molar-refractivity contribution in [2.24, 2.45) is 0 Å². The van der Waals surface area contributed by atoms with Crippen molar-refractivity contribution >= 4 is 37.2 Å². The van der Waals surface area contributed by atoms with Gasteiger partial charge in [0, 0.05) is 0 Å². The summed E-state index contributed by atoms with van der Waals surface area (Å²) < 4.78 is 9.93. The molecule has 0 aliphatic heterocycles. The van der Waals surface area contributed by atoms with E-state index in [-0.39, 0.29) is 0 Å². The third kappa shape index (κ3) is 11.8. The first kappa shape index (κ1) is 15.7. The Labute approximate surface area is 108 Å². The number of hydrogen-bond donors (Lipinski definition) is 0. The summed E-state index contributed by atoms with van der Waals surface area (Å²) in [4.78, 5) is 0. The van der Waals surface area contributed by atoms with Gasteiger partial charge in [0.2, 0.25) is 0 Å². The third-order valence-corrected chi connectivity index (χ3v) is 3.65. The fourth-order valence-corrected chi connectivity index (χ4v) is 2.47. The second-order valence-electron chi connectivity index (χ2n) is 2.90. The minimum atomic E-state index is 0.661. The van der Waals surface area contributed by atoms with Gasteiger partial charge in [-0.25, -0.2) is 0 Å². The van der Waals surface area contributed by atoms with E-state index in [2.05, 4.69) is 13.2 Å². The molecule has 0 aromatic rings. The minimum Gasteiger partial charge on any atom is -0.0642 e. The molecule has 89 valence electrons. The molecule has 0 spiro atoms. The molecule has 0 N–H and O–H groups in total. The molecule has 0 bridgehead atoms. The molecule has 0 heterocycles. The van der Waals surface area contributed by atoms with Crippen molar-refractivity contribution in [1.82, 2.24) is 0 Å². The molecule has 5 heteroatoms. The van der Waals surface area contributed by atoms with Crippen molar-refractivity contribution in [3.8, 4) is 0 Å². The van der Waals surface area contributed by atoms with Crippen molar-refractivity contribution < 1.29 is 9.47 Å². The summed E-state index contributed by atoms with van der Waals surface area (Å²) in [6, 6.07) is 0. The first-order chi connectivity index (χ1) is 7.81. The van der Waals surface area contributed by atoms with Crippen LogP contribution in [-0.2, 0) is 9.47 Å². The second kappa shape index (κ2) is 12.8. The summed E-state index contributed by atoms with van der Waals surface area (Å²) in [7, 11) is 5.08. The molecule has 0 aromatic carbocycles. The molecule has 2 nitrogen and oxygen atoms in total. The van der Waals surface area contributed by atoms with E-state index < -0.39 is 0 Å². The van der Waals surface area contributed by atoms with Gasteiger partial charge >= 0.3 is 95.0 Å². The third-order valence-electron chi connectivity index (χ3n) is 1.52. The quantitative estimate of drug-likeness (QED) is 0.230. The molecule has 0 amide bonds. The molecule has 0 fully saturated rings. The second-order valence-corrected chi connectivity index (χ2v) is 5.11. The van der Waals surface area contributed by atoms with Crippen LogP contribution in [-0.4, -0.2) is 49.9 Å². The number of rotatable bonds is 12. The minimum absolute atomic E-state index is 0.661. The average molecular weight is 257 g/mol. The molecular weight excluding hydrogens is 239 g/mol. The predicted octanol–water partition coefficient (Wildman–Crippen LogP) is 2.11. The Morgan fingerprint density at radius 3 is 2.19 bits per heavy atom. The Morgan fingerprint density at radius 2 is 1.69 bits per heavy atom. The van der Waals surface area contributed by atoms with Crippen molar-refractivity contribution in [3.05, 3.63) is 25.0 Å². The molecule has 0 aliphatic rings. The molecule has 0 saturated carbocycles. The van der Waals surface area contributed by atoms with Crippen molar-refractivity contribution in [2.75, 3.05) is 36.2 Å². The van der Waals surface area contributed by atoms with Crippen LogP contribution < -0.4 is 0 Å². The van der Waals surface area contributed by atoms with Gasteiger partial charge in [0.1, 0.15) is 0 Å². The Balaban J connectivity index is 3.18. The molecule has 0 unspecified atom stereocenters. The van der Waals surface area contributed by atoms with Gasteiger partial charge in [0.15, 0.2) is 0 Å². The fraction of sp³-hybridized carbons (Fsp3) is 0.545. The Morgan fingerprint density at radius 1 is 1.12 bits per heavy atom. The summed E-state index contributed by atoms with van der Waals surface area (Å²) in [6.07, 6.45) is 2.70. The summed E-state index contributed by atoms with van der Waals surface area (Å²) in [6.45, 7) is 8.88. The van der Waals surface area contributed by atoms with Crippen LogP contribution in [0, 0.1) is 0 Å². The first-order valence-electron chi connectivity index (χ1n) is 5.01. The topological polar surface area (TPSA) is 18.5 Å². The Hall–Kier alpha value is -0.285. The van der Waals surface area contributed by atoms with E-state index in [0.29, 0.717) is 6.61 Å². The van der Waals surface area contributed by atoms with Crippen LogP contribution in [0.2, 0.25) is 0 Å². The van der Waals surface area contributed by atoms with E-state index in [4.69, 9.17) is 17.0 Å². The van der Waals surface area contributed by atoms with Gasteiger partial charge in [0.05, 0.1) is 6.26 Å². The Bertz CT molecular complexity index is 190. The van der Waals surface area contributed by atoms with Crippen LogP contribution >= 0.6 is 23.5 Å². The Kier molecular flexibility index (Phi) is 12.6. The summed E-state index contributed by atoms with van der Waals surface area (Å²) in [5, 5.41) is 0. The van der Waals surface area contributed by atoms with E-state index in [1.807, 2.05) is 23.5 Å². The summed E-state index contributed by atoms with van der Waals surface area (Å²) in [5.41, 5.74) is 1.24. The van der Waals surface area contributed by atoms with Crippen LogP contribution in [0.25, 0.3) is 0 Å². The number of thioether (sulfide) groups is 2.